The molecule has 1 N–H and O–H groups in total. The number of nitrogens with zero attached hydrogens (tertiary/aromatic N) is 1. The van der Waals surface area contributed by atoms with Crippen molar-refractivity contribution in [2.45, 2.75) is 57.4 Å². The minimum Gasteiger partial charge on any atom is -0.299 e. The van der Waals surface area contributed by atoms with Gasteiger partial charge in [0, 0.05) is 12.1 Å². The van der Waals surface area contributed by atoms with Crippen molar-refractivity contribution in [1.82, 2.24) is 5.32 Å². The van der Waals surface area contributed by atoms with Gasteiger partial charge in [0.2, 0.25) is 17.7 Å². The average molecular weight is 312 g/mol. The monoisotopic (exact) mass is 312 g/mol. The third kappa shape index (κ3) is 2.10. The van der Waals surface area contributed by atoms with Gasteiger partial charge in [-0.1, -0.05) is 12.5 Å². The van der Waals surface area contributed by atoms with Crippen LogP contribution in [0.3, 0.4) is 0 Å². The smallest absolute Gasteiger partial charge is 0.249 e. The Morgan fingerprint density at radius 2 is 1.91 bits per heavy atom. The van der Waals surface area contributed by atoms with Crippen LogP contribution in [0.5, 0.6) is 0 Å². The highest BCUT2D eigenvalue weighted by Gasteiger charge is 2.45. The lowest BCUT2D eigenvalue weighted by molar-refractivity contribution is -0.135. The van der Waals surface area contributed by atoms with Gasteiger partial charge in [0.25, 0.3) is 0 Å². The summed E-state index contributed by atoms with van der Waals surface area (Å²) >= 11 is 0. The molecule has 2 heterocycles. The molecular formula is C18H20N2O3. The summed E-state index contributed by atoms with van der Waals surface area (Å²) in [6.45, 7) is 2.09. The molecule has 0 bridgehead atoms. The van der Waals surface area contributed by atoms with Crippen molar-refractivity contribution >= 4 is 23.4 Å². The Labute approximate surface area is 135 Å². The van der Waals surface area contributed by atoms with Gasteiger partial charge in [-0.05, 0) is 55.4 Å². The second-order valence-electron chi connectivity index (χ2n) is 6.77. The largest absolute Gasteiger partial charge is 0.299 e. The van der Waals surface area contributed by atoms with E-state index in [0.717, 1.165) is 36.9 Å². The molecule has 120 valence electrons. The fourth-order valence-electron chi connectivity index (χ4n) is 4.27. The topological polar surface area (TPSA) is 66.5 Å². The van der Waals surface area contributed by atoms with E-state index in [9.17, 15) is 14.4 Å². The number of anilines is 1. The summed E-state index contributed by atoms with van der Waals surface area (Å²) in [6, 6.07) is 3.47. The van der Waals surface area contributed by atoms with Gasteiger partial charge in [-0.15, -0.1) is 0 Å². The standard InChI is InChI=1S/C18H20N2O3/c1-10-6-7-13-16-11(10)4-2-3-5-12(16)18(23)20(13)14-8-9-15(21)19-17(14)22/h6-7,12,14H,2-5,8-9H2,1H3,(H,19,21,22). The van der Waals surface area contributed by atoms with E-state index in [4.69, 9.17) is 0 Å². The van der Waals surface area contributed by atoms with Gasteiger partial charge in [-0.25, -0.2) is 0 Å². The van der Waals surface area contributed by atoms with E-state index in [-0.39, 0.29) is 23.6 Å². The first-order valence-electron chi connectivity index (χ1n) is 8.37. The number of carbonyl (C=O) groups is 3. The lowest BCUT2D eigenvalue weighted by Gasteiger charge is -2.30. The van der Waals surface area contributed by atoms with E-state index in [1.54, 1.807) is 4.90 Å². The molecule has 0 aromatic heterocycles. The summed E-state index contributed by atoms with van der Waals surface area (Å²) in [5.41, 5.74) is 4.54. The van der Waals surface area contributed by atoms with Crippen molar-refractivity contribution in [3.8, 4) is 0 Å². The van der Waals surface area contributed by atoms with Crippen LogP contribution in [0.2, 0.25) is 0 Å². The number of carbonyl (C=O) groups excluding carboxylic acids is 3. The molecule has 0 spiro atoms. The molecule has 2 unspecified atom stereocenters. The molecule has 1 fully saturated rings. The Hall–Kier alpha value is -2.17. The Bertz CT molecular complexity index is 725. The van der Waals surface area contributed by atoms with Crippen LogP contribution in [-0.4, -0.2) is 23.8 Å². The molecule has 0 saturated carbocycles. The maximum atomic E-state index is 13.0. The van der Waals surface area contributed by atoms with Gasteiger partial charge >= 0.3 is 0 Å². The number of aryl methyl sites for hydroxylation is 1. The van der Waals surface area contributed by atoms with Crippen molar-refractivity contribution in [2.75, 3.05) is 4.90 Å². The van der Waals surface area contributed by atoms with Gasteiger partial charge in [0.05, 0.1) is 5.92 Å². The maximum Gasteiger partial charge on any atom is 0.249 e. The van der Waals surface area contributed by atoms with Crippen molar-refractivity contribution in [3.05, 3.63) is 28.8 Å². The van der Waals surface area contributed by atoms with E-state index in [1.165, 1.54) is 11.1 Å². The van der Waals surface area contributed by atoms with Gasteiger partial charge in [-0.2, -0.15) is 0 Å². The Morgan fingerprint density at radius 3 is 2.70 bits per heavy atom. The van der Waals surface area contributed by atoms with E-state index in [1.807, 2.05) is 12.1 Å². The molecule has 5 nitrogen and oxygen atoms in total. The highest BCUT2D eigenvalue weighted by atomic mass is 16.2. The normalized spacial score (nSPS) is 26.8. The van der Waals surface area contributed by atoms with Crippen molar-refractivity contribution in [3.63, 3.8) is 0 Å². The Morgan fingerprint density at radius 1 is 1.09 bits per heavy atom. The predicted octanol–water partition coefficient (Wildman–Crippen LogP) is 1.96. The highest BCUT2D eigenvalue weighted by Crippen LogP contribution is 2.46. The lowest BCUT2D eigenvalue weighted by Crippen LogP contribution is -2.54. The van der Waals surface area contributed by atoms with Crippen LogP contribution in [0.4, 0.5) is 5.69 Å². The zero-order chi connectivity index (χ0) is 16.1. The summed E-state index contributed by atoms with van der Waals surface area (Å²) in [5.74, 6) is -0.683. The molecule has 5 heteroatoms. The highest BCUT2D eigenvalue weighted by molar-refractivity contribution is 6.12. The van der Waals surface area contributed by atoms with Crippen LogP contribution in [0, 0.1) is 6.92 Å². The Kier molecular flexibility index (Phi) is 3.25. The number of hydrogen-bond acceptors (Lipinski definition) is 3. The fourth-order valence-corrected chi connectivity index (χ4v) is 4.27. The number of nitrogens with one attached hydrogen (secondary N) is 1. The van der Waals surface area contributed by atoms with Crippen molar-refractivity contribution < 1.29 is 14.4 Å². The fraction of sp³-hybridized carbons (Fsp3) is 0.500. The number of imide groups is 1. The third-order valence-electron chi connectivity index (χ3n) is 5.40. The lowest BCUT2D eigenvalue weighted by atomic mass is 9.91. The van der Waals surface area contributed by atoms with Crippen LogP contribution >= 0.6 is 0 Å². The summed E-state index contributed by atoms with van der Waals surface area (Å²) in [7, 11) is 0. The minimum atomic E-state index is -0.557. The first-order valence-corrected chi connectivity index (χ1v) is 8.37. The SMILES string of the molecule is Cc1ccc2c3c1CCCCC3C(=O)N2C1CCC(=O)NC1=O. The second-order valence-corrected chi connectivity index (χ2v) is 6.77. The molecule has 3 amide bonds. The molecule has 1 aliphatic carbocycles. The molecule has 1 aromatic rings. The molecule has 4 rings (SSSR count). The van der Waals surface area contributed by atoms with Crippen molar-refractivity contribution in [1.29, 1.82) is 0 Å². The van der Waals surface area contributed by atoms with Gasteiger partial charge in [0.15, 0.2) is 0 Å². The van der Waals surface area contributed by atoms with Crippen LogP contribution in [-0.2, 0) is 20.8 Å². The summed E-state index contributed by atoms with van der Waals surface area (Å²) in [6.07, 6.45) is 4.70. The molecule has 2 atom stereocenters. The quantitative estimate of drug-likeness (QED) is 0.806. The van der Waals surface area contributed by atoms with Crippen LogP contribution < -0.4 is 10.2 Å². The molecule has 0 radical (unpaired) electrons. The molecule has 1 saturated heterocycles. The van der Waals surface area contributed by atoms with Crippen LogP contribution in [0.15, 0.2) is 12.1 Å². The molecule has 3 aliphatic rings. The number of benzene rings is 1. The van der Waals surface area contributed by atoms with Gasteiger partial charge in [0.1, 0.15) is 6.04 Å². The number of amides is 3. The predicted molar refractivity (Wildman–Crippen MR) is 85.1 cm³/mol. The van der Waals surface area contributed by atoms with E-state index < -0.39 is 6.04 Å². The van der Waals surface area contributed by atoms with E-state index in [2.05, 4.69) is 12.2 Å². The molecule has 1 aromatic carbocycles. The van der Waals surface area contributed by atoms with Crippen LogP contribution in [0.1, 0.15) is 54.7 Å². The van der Waals surface area contributed by atoms with E-state index >= 15 is 0 Å². The zero-order valence-electron chi connectivity index (χ0n) is 13.2. The third-order valence-corrected chi connectivity index (χ3v) is 5.40. The number of piperidine rings is 1. The summed E-state index contributed by atoms with van der Waals surface area (Å²) in [4.78, 5) is 38.3. The number of rotatable bonds is 1. The minimum absolute atomic E-state index is 0.0308. The molecule has 23 heavy (non-hydrogen) atoms. The summed E-state index contributed by atoms with van der Waals surface area (Å²) < 4.78 is 0. The summed E-state index contributed by atoms with van der Waals surface area (Å²) in [5, 5.41) is 2.37. The van der Waals surface area contributed by atoms with Crippen LogP contribution in [0.25, 0.3) is 0 Å². The average Bonchev–Trinajstić information content (AvgIpc) is 2.68. The molecule has 2 aliphatic heterocycles. The first-order chi connectivity index (χ1) is 11.1. The van der Waals surface area contributed by atoms with E-state index in [0.29, 0.717) is 12.8 Å². The second kappa shape index (κ2) is 5.18. The van der Waals surface area contributed by atoms with Crippen molar-refractivity contribution in [2.24, 2.45) is 0 Å². The first kappa shape index (κ1) is 14.4. The van der Waals surface area contributed by atoms with Gasteiger partial charge < -0.3 is 0 Å². The Balaban J connectivity index is 1.81. The maximum absolute atomic E-state index is 13.0. The zero-order valence-corrected chi connectivity index (χ0v) is 13.2. The number of hydrogen-bond donors (Lipinski definition) is 1. The molecular weight excluding hydrogens is 292 g/mol. The van der Waals surface area contributed by atoms with Gasteiger partial charge in [-0.3, -0.25) is 24.6 Å².